The third kappa shape index (κ3) is 1.30. The molecule has 0 unspecified atom stereocenters. The standard InChI is InChI=1S/C8H9NO2S/c1-6-4-8(12-5-6)11-9-3-2-7(9)10/h4-5H,2-3H2,1H3. The maximum atomic E-state index is 10.8. The van der Waals surface area contributed by atoms with Gasteiger partial charge in [0.25, 0.3) is 5.91 Å². The molecular formula is C8H9NO2S. The van der Waals surface area contributed by atoms with Crippen LogP contribution in [-0.4, -0.2) is 17.5 Å². The molecule has 1 aromatic rings. The summed E-state index contributed by atoms with van der Waals surface area (Å²) in [5.41, 5.74) is 1.17. The zero-order valence-corrected chi connectivity index (χ0v) is 7.56. The molecule has 3 nitrogen and oxygen atoms in total. The predicted molar refractivity (Wildman–Crippen MR) is 46.0 cm³/mol. The number of hydrogen-bond acceptors (Lipinski definition) is 3. The van der Waals surface area contributed by atoms with E-state index >= 15 is 0 Å². The average molecular weight is 183 g/mol. The van der Waals surface area contributed by atoms with Crippen molar-refractivity contribution >= 4 is 17.2 Å². The van der Waals surface area contributed by atoms with Crippen LogP contribution in [0.3, 0.4) is 0 Å². The molecule has 4 heteroatoms. The van der Waals surface area contributed by atoms with E-state index in [9.17, 15) is 4.79 Å². The third-order valence-electron chi connectivity index (χ3n) is 1.71. The minimum absolute atomic E-state index is 0.0704. The van der Waals surface area contributed by atoms with Crippen LogP contribution >= 0.6 is 11.3 Å². The molecule has 1 saturated heterocycles. The maximum Gasteiger partial charge on any atom is 0.257 e. The number of aryl methyl sites for hydroxylation is 1. The first-order valence-corrected chi connectivity index (χ1v) is 4.67. The van der Waals surface area contributed by atoms with E-state index in [1.165, 1.54) is 22.0 Å². The Morgan fingerprint density at radius 3 is 2.92 bits per heavy atom. The molecule has 0 spiro atoms. The van der Waals surface area contributed by atoms with Gasteiger partial charge in [-0.1, -0.05) is 0 Å². The van der Waals surface area contributed by atoms with Crippen molar-refractivity contribution in [3.8, 4) is 5.06 Å². The molecule has 0 radical (unpaired) electrons. The monoisotopic (exact) mass is 183 g/mol. The van der Waals surface area contributed by atoms with Gasteiger partial charge in [0, 0.05) is 0 Å². The second-order valence-corrected chi connectivity index (χ2v) is 3.65. The van der Waals surface area contributed by atoms with E-state index in [0.29, 0.717) is 6.42 Å². The fraction of sp³-hybridized carbons (Fsp3) is 0.375. The van der Waals surface area contributed by atoms with Crippen molar-refractivity contribution in [2.24, 2.45) is 0 Å². The number of carbonyl (C=O) groups excluding carboxylic acids is 1. The molecule has 1 aromatic heterocycles. The summed E-state index contributed by atoms with van der Waals surface area (Å²) < 4.78 is 0. The SMILES string of the molecule is Cc1csc(ON2CCC2=O)c1. The van der Waals surface area contributed by atoms with Gasteiger partial charge in [0.15, 0.2) is 0 Å². The summed E-state index contributed by atoms with van der Waals surface area (Å²) in [6, 6.07) is 1.93. The Labute approximate surface area is 74.5 Å². The van der Waals surface area contributed by atoms with E-state index in [1.807, 2.05) is 18.4 Å². The highest BCUT2D eigenvalue weighted by molar-refractivity contribution is 7.11. The first-order valence-electron chi connectivity index (χ1n) is 3.79. The van der Waals surface area contributed by atoms with Gasteiger partial charge in [0.2, 0.25) is 5.06 Å². The summed E-state index contributed by atoms with van der Waals surface area (Å²) in [5.74, 6) is 0.0704. The molecule has 1 fully saturated rings. The Kier molecular flexibility index (Phi) is 1.77. The highest BCUT2D eigenvalue weighted by atomic mass is 32.1. The van der Waals surface area contributed by atoms with Crippen LogP contribution in [0.4, 0.5) is 0 Å². The number of nitrogens with zero attached hydrogens (tertiary/aromatic N) is 1. The lowest BCUT2D eigenvalue weighted by molar-refractivity contribution is -0.173. The lowest BCUT2D eigenvalue weighted by Crippen LogP contribution is -2.45. The van der Waals surface area contributed by atoms with E-state index in [4.69, 9.17) is 4.84 Å². The summed E-state index contributed by atoms with van der Waals surface area (Å²) in [6.45, 7) is 2.72. The maximum absolute atomic E-state index is 10.8. The highest BCUT2D eigenvalue weighted by Crippen LogP contribution is 2.24. The molecular weight excluding hydrogens is 174 g/mol. The van der Waals surface area contributed by atoms with Crippen LogP contribution in [-0.2, 0) is 4.79 Å². The Balaban J connectivity index is 1.99. The smallest absolute Gasteiger partial charge is 0.257 e. The van der Waals surface area contributed by atoms with Gasteiger partial charge in [-0.2, -0.15) is 5.06 Å². The molecule has 0 atom stereocenters. The first-order chi connectivity index (χ1) is 5.75. The molecule has 1 aliphatic heterocycles. The van der Waals surface area contributed by atoms with E-state index in [0.717, 1.165) is 11.6 Å². The zero-order valence-electron chi connectivity index (χ0n) is 6.74. The Morgan fingerprint density at radius 1 is 1.67 bits per heavy atom. The van der Waals surface area contributed by atoms with Crippen molar-refractivity contribution < 1.29 is 9.63 Å². The molecule has 64 valence electrons. The molecule has 2 rings (SSSR count). The molecule has 2 heterocycles. The number of β-lactam (4-membered cyclic amide) rings is 1. The summed E-state index contributed by atoms with van der Waals surface area (Å²) >= 11 is 1.51. The fourth-order valence-electron chi connectivity index (χ4n) is 0.952. The third-order valence-corrected chi connectivity index (χ3v) is 2.63. The van der Waals surface area contributed by atoms with E-state index in [-0.39, 0.29) is 5.91 Å². The van der Waals surface area contributed by atoms with Gasteiger partial charge in [-0.15, -0.1) is 11.3 Å². The van der Waals surface area contributed by atoms with Crippen LogP contribution in [0.15, 0.2) is 11.4 Å². The first kappa shape index (κ1) is 7.61. The van der Waals surface area contributed by atoms with Crippen LogP contribution in [0.2, 0.25) is 0 Å². The van der Waals surface area contributed by atoms with Crippen molar-refractivity contribution in [2.75, 3.05) is 6.54 Å². The van der Waals surface area contributed by atoms with Crippen LogP contribution in [0.5, 0.6) is 5.06 Å². The quantitative estimate of drug-likeness (QED) is 0.651. The topological polar surface area (TPSA) is 29.5 Å². The van der Waals surface area contributed by atoms with Gasteiger partial charge >= 0.3 is 0 Å². The molecule has 0 saturated carbocycles. The molecule has 1 aliphatic rings. The van der Waals surface area contributed by atoms with Crippen molar-refractivity contribution in [3.05, 3.63) is 17.0 Å². The molecule has 0 bridgehead atoms. The number of hydrogen-bond donors (Lipinski definition) is 0. The second kappa shape index (κ2) is 2.79. The van der Waals surface area contributed by atoms with Gasteiger partial charge < -0.3 is 4.84 Å². The molecule has 0 aliphatic carbocycles. The van der Waals surface area contributed by atoms with Gasteiger partial charge in [0.05, 0.1) is 13.0 Å². The van der Waals surface area contributed by atoms with E-state index in [1.54, 1.807) is 0 Å². The van der Waals surface area contributed by atoms with Gasteiger partial charge in [-0.25, -0.2) is 0 Å². The average Bonchev–Trinajstić information content (AvgIpc) is 2.44. The fourth-order valence-corrected chi connectivity index (χ4v) is 1.71. The Hall–Kier alpha value is -1.03. The van der Waals surface area contributed by atoms with E-state index in [2.05, 4.69) is 0 Å². The Bertz CT molecular complexity index is 308. The summed E-state index contributed by atoms with van der Waals surface area (Å²) in [4.78, 5) is 16.1. The minimum Gasteiger partial charge on any atom is -0.366 e. The van der Waals surface area contributed by atoms with E-state index < -0.39 is 0 Å². The van der Waals surface area contributed by atoms with Gasteiger partial charge in [-0.05, 0) is 23.9 Å². The number of rotatable bonds is 2. The second-order valence-electron chi connectivity index (χ2n) is 2.78. The number of amides is 1. The van der Waals surface area contributed by atoms with Crippen molar-refractivity contribution in [3.63, 3.8) is 0 Å². The van der Waals surface area contributed by atoms with Crippen LogP contribution in [0.1, 0.15) is 12.0 Å². The summed E-state index contributed by atoms with van der Waals surface area (Å²) in [5, 5.41) is 4.19. The number of hydroxylamine groups is 2. The van der Waals surface area contributed by atoms with Gasteiger partial charge in [-0.3, -0.25) is 4.79 Å². The van der Waals surface area contributed by atoms with Gasteiger partial charge in [0.1, 0.15) is 0 Å². The van der Waals surface area contributed by atoms with Crippen molar-refractivity contribution in [1.29, 1.82) is 0 Å². The van der Waals surface area contributed by atoms with Crippen molar-refractivity contribution in [2.45, 2.75) is 13.3 Å². The van der Waals surface area contributed by atoms with Crippen molar-refractivity contribution in [1.82, 2.24) is 5.06 Å². The highest BCUT2D eigenvalue weighted by Gasteiger charge is 2.26. The minimum atomic E-state index is 0.0704. The lowest BCUT2D eigenvalue weighted by Gasteiger charge is -2.28. The predicted octanol–water partition coefficient (Wildman–Crippen LogP) is 1.58. The summed E-state index contributed by atoms with van der Waals surface area (Å²) in [7, 11) is 0. The Morgan fingerprint density at radius 2 is 2.50 bits per heavy atom. The zero-order chi connectivity index (χ0) is 8.55. The largest absolute Gasteiger partial charge is 0.366 e. The molecule has 0 N–H and O–H groups in total. The molecule has 12 heavy (non-hydrogen) atoms. The molecule has 0 aromatic carbocycles. The summed E-state index contributed by atoms with van der Waals surface area (Å²) in [6.07, 6.45) is 0.615. The molecule has 1 amide bonds. The van der Waals surface area contributed by atoms with Crippen LogP contribution < -0.4 is 4.84 Å². The van der Waals surface area contributed by atoms with Crippen LogP contribution in [0, 0.1) is 6.92 Å². The van der Waals surface area contributed by atoms with Crippen LogP contribution in [0.25, 0.3) is 0 Å². The number of carbonyl (C=O) groups is 1. The lowest BCUT2D eigenvalue weighted by atomic mass is 10.3. The normalized spacial score (nSPS) is 16.1. The number of thiophene rings is 1.